The number of carbonyl (C=O) groups excluding carboxylic acids is 2. The van der Waals surface area contributed by atoms with Crippen molar-refractivity contribution in [1.29, 1.82) is 0 Å². The van der Waals surface area contributed by atoms with Crippen LogP contribution in [0.1, 0.15) is 309 Å². The summed E-state index contributed by atoms with van der Waals surface area (Å²) in [5, 5.41) is 9.74. The van der Waals surface area contributed by atoms with Crippen molar-refractivity contribution in [2.75, 3.05) is 47.5 Å². The second-order valence-electron chi connectivity index (χ2n) is 23.7. The van der Waals surface area contributed by atoms with Gasteiger partial charge in [-0.05, 0) is 77.0 Å². The first kappa shape index (κ1) is 76.0. The van der Waals surface area contributed by atoms with Crippen molar-refractivity contribution in [3.8, 4) is 0 Å². The molecule has 0 aliphatic rings. The lowest BCUT2D eigenvalue weighted by Gasteiger charge is -2.25. The number of likely N-dealkylation sites (N-methyl/N-ethyl adjacent to an activating group) is 1. The number of hydrogen-bond acceptors (Lipinski definition) is 7. The van der Waals surface area contributed by atoms with Gasteiger partial charge in [-0.3, -0.25) is 9.59 Å². The number of esters is 2. The third-order valence-corrected chi connectivity index (χ3v) is 14.8. The van der Waals surface area contributed by atoms with E-state index in [0.29, 0.717) is 17.4 Å². The Morgan fingerprint density at radius 3 is 1.09 bits per heavy atom. The first-order valence-corrected chi connectivity index (χ1v) is 33.5. The van der Waals surface area contributed by atoms with Crippen LogP contribution in [0.2, 0.25) is 0 Å². The van der Waals surface area contributed by atoms with Crippen molar-refractivity contribution in [1.82, 2.24) is 0 Å². The van der Waals surface area contributed by atoms with Crippen LogP contribution in [0.4, 0.5) is 0 Å². The Kier molecular flexibility index (Phi) is 58.7. The molecule has 0 aromatic rings. The molecule has 2 atom stereocenters. The number of rotatable bonds is 62. The highest BCUT2D eigenvalue weighted by Gasteiger charge is 2.25. The van der Waals surface area contributed by atoms with Gasteiger partial charge in [0, 0.05) is 12.8 Å². The van der Waals surface area contributed by atoms with E-state index in [-0.39, 0.29) is 38.2 Å². The van der Waals surface area contributed by atoms with Gasteiger partial charge >= 0.3 is 17.9 Å². The minimum Gasteiger partial charge on any atom is -0.477 e. The van der Waals surface area contributed by atoms with Gasteiger partial charge in [0.1, 0.15) is 13.2 Å². The molecule has 0 rings (SSSR count). The summed E-state index contributed by atoms with van der Waals surface area (Å²) >= 11 is 0. The van der Waals surface area contributed by atoms with E-state index in [2.05, 4.69) is 74.6 Å². The monoisotopic (exact) mass is 1110 g/mol. The summed E-state index contributed by atoms with van der Waals surface area (Å²) in [6.45, 7) is 4.81. The number of aliphatic carboxylic acids is 1. The Morgan fingerprint density at radius 2 is 0.722 bits per heavy atom. The molecule has 0 heterocycles. The van der Waals surface area contributed by atoms with Gasteiger partial charge in [0.25, 0.3) is 6.29 Å². The highest BCUT2D eigenvalue weighted by atomic mass is 16.7. The van der Waals surface area contributed by atoms with Crippen molar-refractivity contribution >= 4 is 17.9 Å². The molecule has 0 aliphatic carbocycles. The second kappa shape index (κ2) is 61.1. The van der Waals surface area contributed by atoms with Gasteiger partial charge in [-0.1, -0.05) is 280 Å². The normalized spacial score (nSPS) is 13.1. The summed E-state index contributed by atoms with van der Waals surface area (Å²) < 4.78 is 23.0. The molecule has 0 saturated carbocycles. The molecule has 0 spiro atoms. The number of allylic oxidation sites excluding steroid dienone is 10. The fourth-order valence-electron chi connectivity index (χ4n) is 9.65. The van der Waals surface area contributed by atoms with E-state index in [0.717, 1.165) is 64.2 Å². The molecule has 460 valence electrons. The van der Waals surface area contributed by atoms with Crippen LogP contribution in [0, 0.1) is 0 Å². The molecule has 0 aromatic carbocycles. The van der Waals surface area contributed by atoms with Gasteiger partial charge in [-0.15, -0.1) is 0 Å². The molecule has 0 fully saturated rings. The maximum Gasteiger partial charge on any atom is 0.361 e. The van der Waals surface area contributed by atoms with E-state index in [1.807, 2.05) is 21.1 Å². The molecule has 0 aliphatic heterocycles. The molecule has 0 saturated heterocycles. The zero-order valence-electron chi connectivity index (χ0n) is 52.5. The Balaban J connectivity index is 4.11. The zero-order chi connectivity index (χ0) is 57.6. The second-order valence-corrected chi connectivity index (χ2v) is 23.7. The van der Waals surface area contributed by atoms with Crippen molar-refractivity contribution < 1.29 is 42.9 Å². The van der Waals surface area contributed by atoms with E-state index < -0.39 is 18.4 Å². The zero-order valence-corrected chi connectivity index (χ0v) is 52.5. The molecular weight excluding hydrogens is 983 g/mol. The Morgan fingerprint density at radius 1 is 0.392 bits per heavy atom. The SMILES string of the molecule is CC/C=C\C/C=C\C/C=C\C/C=C\CCCCCCCCCCCCCCCCCCCCC(=O)OC(COC(=O)CCCCCCCCCCCCC/C=C\CCCCCCCCCC)COC(OCC[N+](C)(C)C)C(=O)O. The predicted molar refractivity (Wildman–Crippen MR) is 336 cm³/mol. The van der Waals surface area contributed by atoms with Crippen LogP contribution in [0.5, 0.6) is 0 Å². The van der Waals surface area contributed by atoms with Crippen molar-refractivity contribution in [2.24, 2.45) is 0 Å². The predicted octanol–water partition coefficient (Wildman–Crippen LogP) is 20.4. The van der Waals surface area contributed by atoms with Gasteiger partial charge in [-0.25, -0.2) is 4.79 Å². The Bertz CT molecular complexity index is 1480. The highest BCUT2D eigenvalue weighted by Crippen LogP contribution is 2.18. The molecule has 2 unspecified atom stereocenters. The largest absolute Gasteiger partial charge is 0.477 e. The number of carboxylic acids is 1. The average Bonchev–Trinajstić information content (AvgIpc) is 3.42. The summed E-state index contributed by atoms with van der Waals surface area (Å²) in [5.41, 5.74) is 0. The standard InChI is InChI=1S/C70H127NO8/c1-6-8-10-12-14-16-18-20-22-24-26-28-30-31-32-33-34-35-36-37-39-41-43-45-47-49-51-53-55-57-59-61-68(73)79-66(65-78-70(69(74)75)76-63-62-71(3,4)5)64-77-67(72)60-58-56-54-52-50-48-46-44-42-40-38-29-27-25-23-21-19-17-15-13-11-9-7-2/h8,10,14,16,20,22,25-28,66,70H,6-7,9,11-13,15,17-19,21,23-24,29-65H2,1-5H3/p+1/b10-8-,16-14-,22-20-,27-25-,28-26-. The van der Waals surface area contributed by atoms with E-state index in [9.17, 15) is 19.5 Å². The molecule has 9 heteroatoms. The van der Waals surface area contributed by atoms with Crippen LogP contribution < -0.4 is 0 Å². The van der Waals surface area contributed by atoms with Crippen molar-refractivity contribution in [3.63, 3.8) is 0 Å². The van der Waals surface area contributed by atoms with Crippen LogP contribution in [0.15, 0.2) is 60.8 Å². The summed E-state index contributed by atoms with van der Waals surface area (Å²) in [5.74, 6) is -1.99. The molecular formula is C70H128NO8+. The molecule has 0 bridgehead atoms. The fourth-order valence-corrected chi connectivity index (χ4v) is 9.65. The van der Waals surface area contributed by atoms with Crippen LogP contribution in [-0.4, -0.2) is 87.4 Å². The first-order valence-electron chi connectivity index (χ1n) is 33.5. The third-order valence-electron chi connectivity index (χ3n) is 14.8. The number of nitrogens with zero attached hydrogens (tertiary/aromatic N) is 1. The summed E-state index contributed by atoms with van der Waals surface area (Å²) in [6, 6.07) is 0. The quantitative estimate of drug-likeness (QED) is 0.0211. The van der Waals surface area contributed by atoms with Gasteiger partial charge in [-0.2, -0.15) is 0 Å². The van der Waals surface area contributed by atoms with Crippen LogP contribution in [-0.2, 0) is 33.3 Å². The molecule has 0 amide bonds. The van der Waals surface area contributed by atoms with Gasteiger partial charge in [0.2, 0.25) is 0 Å². The minimum atomic E-state index is -1.51. The van der Waals surface area contributed by atoms with Gasteiger partial charge < -0.3 is 28.5 Å². The number of quaternary nitrogens is 1. The lowest BCUT2D eigenvalue weighted by atomic mass is 10.0. The number of ether oxygens (including phenoxy) is 4. The lowest BCUT2D eigenvalue weighted by Crippen LogP contribution is -2.40. The summed E-state index contributed by atoms with van der Waals surface area (Å²) in [7, 11) is 5.98. The minimum absolute atomic E-state index is 0.180. The summed E-state index contributed by atoms with van der Waals surface area (Å²) in [6.07, 6.45) is 76.1. The maximum absolute atomic E-state index is 12.9. The van der Waals surface area contributed by atoms with E-state index in [1.54, 1.807) is 0 Å². The van der Waals surface area contributed by atoms with Crippen LogP contribution in [0.25, 0.3) is 0 Å². The van der Waals surface area contributed by atoms with Crippen LogP contribution in [0.3, 0.4) is 0 Å². The topological polar surface area (TPSA) is 108 Å². The van der Waals surface area contributed by atoms with E-state index in [4.69, 9.17) is 18.9 Å². The van der Waals surface area contributed by atoms with Crippen LogP contribution >= 0.6 is 0 Å². The van der Waals surface area contributed by atoms with Gasteiger partial charge in [0.05, 0.1) is 34.4 Å². The number of carboxylic acid groups (broad SMARTS) is 1. The highest BCUT2D eigenvalue weighted by molar-refractivity contribution is 5.71. The molecule has 79 heavy (non-hydrogen) atoms. The molecule has 1 N–H and O–H groups in total. The van der Waals surface area contributed by atoms with E-state index in [1.165, 1.54) is 218 Å². The average molecular weight is 1110 g/mol. The smallest absolute Gasteiger partial charge is 0.361 e. The molecule has 0 radical (unpaired) electrons. The third kappa shape index (κ3) is 62.4. The van der Waals surface area contributed by atoms with Crippen molar-refractivity contribution in [2.45, 2.75) is 322 Å². The number of hydrogen-bond donors (Lipinski definition) is 1. The molecule has 9 nitrogen and oxygen atoms in total. The van der Waals surface area contributed by atoms with Crippen molar-refractivity contribution in [3.05, 3.63) is 60.8 Å². The molecule has 0 aromatic heterocycles. The first-order chi connectivity index (χ1) is 38.6. The number of carbonyl (C=O) groups is 3. The Labute approximate surface area is 488 Å². The number of unbranched alkanes of at least 4 members (excludes halogenated alkanes) is 37. The lowest BCUT2D eigenvalue weighted by molar-refractivity contribution is -0.870. The van der Waals surface area contributed by atoms with Gasteiger partial charge in [0.15, 0.2) is 6.10 Å². The maximum atomic E-state index is 12.9. The van der Waals surface area contributed by atoms with E-state index >= 15 is 0 Å². The Hall–Kier alpha value is -3.01. The fraction of sp³-hybridized carbons (Fsp3) is 0.814. The summed E-state index contributed by atoms with van der Waals surface area (Å²) in [4.78, 5) is 37.6.